The normalized spacial score (nSPS) is 10.4. The summed E-state index contributed by atoms with van der Waals surface area (Å²) in [5.41, 5.74) is 5.22. The highest BCUT2D eigenvalue weighted by molar-refractivity contribution is 6.31. The van der Waals surface area contributed by atoms with Gasteiger partial charge in [0.1, 0.15) is 11.7 Å². The summed E-state index contributed by atoms with van der Waals surface area (Å²) < 4.78 is 0. The Morgan fingerprint density at radius 2 is 1.91 bits per heavy atom. The molecule has 156 valence electrons. The van der Waals surface area contributed by atoms with Gasteiger partial charge in [-0.1, -0.05) is 35.9 Å². The van der Waals surface area contributed by atoms with Gasteiger partial charge in [-0.2, -0.15) is 5.26 Å². The van der Waals surface area contributed by atoms with Crippen molar-refractivity contribution in [1.82, 2.24) is 9.90 Å². The first-order chi connectivity index (χ1) is 15.6. The van der Waals surface area contributed by atoms with E-state index in [0.29, 0.717) is 35.5 Å². The van der Waals surface area contributed by atoms with Gasteiger partial charge < -0.3 is 4.98 Å². The number of H-pyrrole nitrogens is 1. The summed E-state index contributed by atoms with van der Waals surface area (Å²) in [6.07, 6.45) is 3.24. The first-order valence-electron chi connectivity index (χ1n) is 10.1. The predicted octanol–water partition coefficient (Wildman–Crippen LogP) is 5.64. The summed E-state index contributed by atoms with van der Waals surface area (Å²) >= 11 is 6.07. The van der Waals surface area contributed by atoms with E-state index in [-0.39, 0.29) is 0 Å². The lowest BCUT2D eigenvalue weighted by Gasteiger charge is -2.03. The molecule has 3 aromatic carbocycles. The number of nitrogens with one attached hydrogen (secondary N) is 1. The molecule has 7 heteroatoms. The minimum Gasteiger partial charge on any atom is -0.361 e. The molecule has 1 N–H and O–H groups in total. The number of carbonyl (C=O) groups is 1. The maximum Gasteiger partial charge on any atom is 0.360 e. The fourth-order valence-electron chi connectivity index (χ4n) is 3.45. The second-order valence-corrected chi connectivity index (χ2v) is 7.74. The highest BCUT2D eigenvalue weighted by atomic mass is 35.5. The van der Waals surface area contributed by atoms with Crippen LogP contribution in [0.4, 0.5) is 0 Å². The van der Waals surface area contributed by atoms with Gasteiger partial charge in [-0.3, -0.25) is 4.79 Å². The average Bonchev–Trinajstić information content (AvgIpc) is 3.21. The van der Waals surface area contributed by atoms with Gasteiger partial charge in [0.2, 0.25) is 10.0 Å². The maximum atomic E-state index is 12.4. The van der Waals surface area contributed by atoms with Crippen molar-refractivity contribution in [2.75, 3.05) is 6.54 Å². The van der Waals surface area contributed by atoms with E-state index in [0.717, 1.165) is 27.6 Å². The Kier molecular flexibility index (Phi) is 6.52. The van der Waals surface area contributed by atoms with E-state index in [1.54, 1.807) is 24.3 Å². The monoisotopic (exact) mass is 440 g/mol. The Labute approximate surface area is 189 Å². The van der Waals surface area contributed by atoms with Crippen LogP contribution in [-0.2, 0) is 12.8 Å². The fourth-order valence-corrected chi connectivity index (χ4v) is 3.62. The molecule has 1 amide bonds. The third-order valence-electron chi connectivity index (χ3n) is 5.07. The van der Waals surface area contributed by atoms with E-state index in [4.69, 9.17) is 16.9 Å². The first-order valence-corrected chi connectivity index (χ1v) is 10.5. The molecule has 0 aliphatic rings. The summed E-state index contributed by atoms with van der Waals surface area (Å²) in [6, 6.07) is 22.5. The van der Waals surface area contributed by atoms with Gasteiger partial charge in [-0.25, -0.2) is 0 Å². The van der Waals surface area contributed by atoms with E-state index in [9.17, 15) is 4.79 Å². The fraction of sp³-hybridized carbons (Fsp3) is 0.120. The predicted molar refractivity (Wildman–Crippen MR) is 124 cm³/mol. The van der Waals surface area contributed by atoms with Crippen LogP contribution >= 0.6 is 11.6 Å². The Hall–Kier alpha value is -4.04. The number of nitriles is 1. The molecular formula is C25H19ClN5O+. The molecule has 0 atom stereocenters. The lowest BCUT2D eigenvalue weighted by atomic mass is 10.0. The smallest absolute Gasteiger partial charge is 0.360 e. The third-order valence-corrected chi connectivity index (χ3v) is 5.31. The Morgan fingerprint density at radius 1 is 1.06 bits per heavy atom. The van der Waals surface area contributed by atoms with Crippen molar-refractivity contribution in [3.63, 3.8) is 0 Å². The highest BCUT2D eigenvalue weighted by Gasteiger charge is 2.11. The van der Waals surface area contributed by atoms with Crippen molar-refractivity contribution >= 4 is 28.4 Å². The van der Waals surface area contributed by atoms with Crippen LogP contribution in [0.15, 0.2) is 83.2 Å². The van der Waals surface area contributed by atoms with Gasteiger partial charge in [-0.05, 0) is 65.6 Å². The van der Waals surface area contributed by atoms with Crippen LogP contribution < -0.4 is 4.91 Å². The number of halogens is 1. The van der Waals surface area contributed by atoms with Crippen LogP contribution in [-0.4, -0.2) is 17.4 Å². The summed E-state index contributed by atoms with van der Waals surface area (Å²) in [4.78, 5) is 19.3. The van der Waals surface area contributed by atoms with Crippen LogP contribution in [0.5, 0.6) is 0 Å². The molecule has 0 fully saturated rings. The topological polar surface area (TPSA) is 95.5 Å². The number of fused-ring (bicyclic) bond motifs is 1. The number of aromatic nitrogens is 1. The largest absolute Gasteiger partial charge is 0.361 e. The molecule has 0 bridgehead atoms. The Balaban J connectivity index is 1.37. The van der Waals surface area contributed by atoms with Crippen molar-refractivity contribution in [2.45, 2.75) is 12.8 Å². The number of amides is 1. The molecule has 1 heterocycles. The molecule has 0 aliphatic heterocycles. The number of rotatable bonds is 6. The van der Waals surface area contributed by atoms with Crippen molar-refractivity contribution < 1.29 is 4.79 Å². The van der Waals surface area contributed by atoms with E-state index in [2.05, 4.69) is 26.2 Å². The van der Waals surface area contributed by atoms with Crippen molar-refractivity contribution in [2.24, 2.45) is 10.2 Å². The zero-order chi connectivity index (χ0) is 22.3. The number of benzene rings is 3. The maximum absolute atomic E-state index is 12.4. The molecule has 0 aliphatic carbocycles. The first kappa shape index (κ1) is 21.2. The number of hydrogen-bond acceptors (Lipinski definition) is 3. The summed E-state index contributed by atoms with van der Waals surface area (Å²) in [7, 11) is 0. The molecular weight excluding hydrogens is 422 g/mol. The SMILES string of the molecule is N#Cc1ccc(Cc2cccc(C(=O)N=[N+]=NCCc3c[nH]c4ccc(Cl)cc34)c2)cc1. The Bertz CT molecular complexity index is 1380. The molecule has 1 aromatic heterocycles. The van der Waals surface area contributed by atoms with Crippen LogP contribution in [0.1, 0.15) is 32.6 Å². The number of aromatic amines is 1. The van der Waals surface area contributed by atoms with Crippen LogP contribution in [0.2, 0.25) is 5.02 Å². The number of hydrogen-bond donors (Lipinski definition) is 1. The molecule has 0 saturated heterocycles. The number of carbonyl (C=O) groups excluding carboxylic acids is 1. The second-order valence-electron chi connectivity index (χ2n) is 7.30. The highest BCUT2D eigenvalue weighted by Crippen LogP contribution is 2.22. The lowest BCUT2D eigenvalue weighted by molar-refractivity contribution is 0.0992. The summed E-state index contributed by atoms with van der Waals surface area (Å²) in [5.74, 6) is -0.436. The number of nitrogens with zero attached hydrogens (tertiary/aromatic N) is 4. The van der Waals surface area contributed by atoms with Gasteiger partial charge in [0.15, 0.2) is 0 Å². The molecule has 32 heavy (non-hydrogen) atoms. The zero-order valence-corrected chi connectivity index (χ0v) is 17.9. The summed E-state index contributed by atoms with van der Waals surface area (Å²) in [6.45, 7) is 0.412. The van der Waals surface area contributed by atoms with Crippen LogP contribution in [0.25, 0.3) is 10.9 Å². The van der Waals surface area contributed by atoms with Crippen molar-refractivity contribution in [3.05, 3.63) is 106 Å². The molecule has 0 saturated carbocycles. The van der Waals surface area contributed by atoms with E-state index in [1.807, 2.05) is 48.7 Å². The standard InChI is InChI=1S/C25H18ClN5O/c26-22-8-9-24-23(14-22)21(16-28-24)10-11-29-31-30-25(32)20-3-1-2-19(13-20)12-17-4-6-18(15-27)7-5-17/h1-9,13-14,16H,10-12H2/p+1. The second kappa shape index (κ2) is 9.84. The third kappa shape index (κ3) is 5.16. The molecule has 4 rings (SSSR count). The van der Waals surface area contributed by atoms with Gasteiger partial charge in [0.05, 0.1) is 11.6 Å². The Morgan fingerprint density at radius 3 is 2.72 bits per heavy atom. The van der Waals surface area contributed by atoms with Gasteiger partial charge in [0, 0.05) is 34.1 Å². The van der Waals surface area contributed by atoms with E-state index < -0.39 is 5.91 Å². The lowest BCUT2D eigenvalue weighted by Crippen LogP contribution is -1.97. The van der Waals surface area contributed by atoms with Crippen molar-refractivity contribution in [1.29, 1.82) is 5.26 Å². The minimum atomic E-state index is -0.436. The van der Waals surface area contributed by atoms with Gasteiger partial charge in [-0.15, -0.1) is 0 Å². The quantitative estimate of drug-likeness (QED) is 0.310. The van der Waals surface area contributed by atoms with Crippen LogP contribution in [0, 0.1) is 11.3 Å². The zero-order valence-electron chi connectivity index (χ0n) is 17.1. The van der Waals surface area contributed by atoms with Gasteiger partial charge >= 0.3 is 5.91 Å². The minimum absolute atomic E-state index is 0.412. The van der Waals surface area contributed by atoms with Crippen LogP contribution in [0.3, 0.4) is 0 Å². The molecule has 4 aromatic rings. The molecule has 0 spiro atoms. The van der Waals surface area contributed by atoms with Gasteiger partial charge in [0.25, 0.3) is 0 Å². The molecule has 6 nitrogen and oxygen atoms in total. The average molecular weight is 441 g/mol. The molecule has 0 radical (unpaired) electrons. The van der Waals surface area contributed by atoms with E-state index >= 15 is 0 Å². The molecule has 0 unspecified atom stereocenters. The van der Waals surface area contributed by atoms with Crippen molar-refractivity contribution in [3.8, 4) is 6.07 Å². The summed E-state index contributed by atoms with van der Waals surface area (Å²) in [5, 5.41) is 18.4. The van der Waals surface area contributed by atoms with E-state index in [1.165, 1.54) is 0 Å².